The molecule has 1 aromatic carbocycles. The van der Waals surface area contributed by atoms with Gasteiger partial charge in [-0.15, -0.1) is 0 Å². The van der Waals surface area contributed by atoms with Crippen molar-refractivity contribution in [2.24, 2.45) is 33.9 Å². The minimum Gasteiger partial charge on any atom is -0.496 e. The minimum atomic E-state index is -0.897. The van der Waals surface area contributed by atoms with E-state index in [9.17, 15) is 4.79 Å². The number of aliphatic imine (C=N–C) groups is 1. The Morgan fingerprint density at radius 1 is 1.14 bits per heavy atom. The molecule has 5 nitrogen and oxygen atoms in total. The molecule has 3 saturated carbocycles. The van der Waals surface area contributed by atoms with Crippen LogP contribution in [0.3, 0.4) is 0 Å². The summed E-state index contributed by atoms with van der Waals surface area (Å²) in [5, 5.41) is 0. The standard InChI is InChI=1S/C24H33N3O2/c1-14-15(2)20(29-4)8-7-19(14)24(21(28)27(3)22(25)26-24)23-10-9-17-6-5-16(12-23)11-18(17)13-23/h7-8,16-18H,5-6,9-13H2,1-4H3,(H2,25,26). The summed E-state index contributed by atoms with van der Waals surface area (Å²) in [6.07, 6.45) is 8.52. The molecule has 0 saturated heterocycles. The van der Waals surface area contributed by atoms with E-state index in [2.05, 4.69) is 19.9 Å². The van der Waals surface area contributed by atoms with Crippen molar-refractivity contribution in [3.8, 4) is 5.75 Å². The number of amides is 1. The lowest BCUT2D eigenvalue weighted by Crippen LogP contribution is -2.58. The summed E-state index contributed by atoms with van der Waals surface area (Å²) in [5.74, 6) is 3.57. The maximum atomic E-state index is 14.0. The van der Waals surface area contributed by atoms with E-state index in [1.807, 2.05) is 6.07 Å². The molecule has 3 bridgehead atoms. The molecule has 5 atom stereocenters. The first-order valence-electron chi connectivity index (χ1n) is 11.1. The van der Waals surface area contributed by atoms with Crippen molar-refractivity contribution in [2.45, 2.75) is 64.3 Å². The van der Waals surface area contributed by atoms with Crippen LogP contribution < -0.4 is 10.5 Å². The van der Waals surface area contributed by atoms with Crippen LogP contribution >= 0.6 is 0 Å². The number of benzene rings is 1. The van der Waals surface area contributed by atoms with E-state index in [0.717, 1.165) is 59.5 Å². The molecule has 1 heterocycles. The third-order valence-corrected chi connectivity index (χ3v) is 8.93. The number of hydrogen-bond donors (Lipinski definition) is 1. The van der Waals surface area contributed by atoms with Crippen LogP contribution in [0.15, 0.2) is 17.1 Å². The fourth-order valence-corrected chi connectivity index (χ4v) is 7.38. The number of nitrogens with two attached hydrogens (primary N) is 1. The van der Waals surface area contributed by atoms with E-state index < -0.39 is 5.54 Å². The summed E-state index contributed by atoms with van der Waals surface area (Å²) in [6, 6.07) is 4.09. The van der Waals surface area contributed by atoms with E-state index in [4.69, 9.17) is 15.5 Å². The molecule has 5 rings (SSSR count). The minimum absolute atomic E-state index is 0.0566. The van der Waals surface area contributed by atoms with Crippen molar-refractivity contribution < 1.29 is 9.53 Å². The largest absolute Gasteiger partial charge is 0.496 e. The van der Waals surface area contributed by atoms with Crippen LogP contribution in [0, 0.1) is 37.0 Å². The molecule has 4 aliphatic rings. The molecule has 0 radical (unpaired) electrons. The van der Waals surface area contributed by atoms with Crippen molar-refractivity contribution in [1.29, 1.82) is 0 Å². The molecular weight excluding hydrogens is 362 g/mol. The van der Waals surface area contributed by atoms with Gasteiger partial charge in [0.15, 0.2) is 11.5 Å². The van der Waals surface area contributed by atoms with Gasteiger partial charge in [0.25, 0.3) is 5.91 Å². The SMILES string of the molecule is COc1ccc(C2(C34CCC5CCC(CC5C3)C4)N=C(N)N(C)C2=O)c(C)c1C. The lowest BCUT2D eigenvalue weighted by atomic mass is 9.45. The van der Waals surface area contributed by atoms with E-state index >= 15 is 0 Å². The quantitative estimate of drug-likeness (QED) is 0.844. The van der Waals surface area contributed by atoms with Gasteiger partial charge < -0.3 is 10.5 Å². The number of guanidine groups is 1. The molecule has 29 heavy (non-hydrogen) atoms. The smallest absolute Gasteiger partial charge is 0.262 e. The molecule has 1 aromatic rings. The Morgan fingerprint density at radius 3 is 2.62 bits per heavy atom. The first-order chi connectivity index (χ1) is 13.8. The Labute approximate surface area is 173 Å². The Balaban J connectivity index is 1.74. The Bertz CT molecular complexity index is 906. The van der Waals surface area contributed by atoms with Gasteiger partial charge in [-0.05, 0) is 92.9 Å². The molecule has 0 spiro atoms. The Morgan fingerprint density at radius 2 is 1.93 bits per heavy atom. The first-order valence-corrected chi connectivity index (χ1v) is 11.1. The van der Waals surface area contributed by atoms with Gasteiger partial charge in [-0.25, -0.2) is 4.99 Å². The normalized spacial score (nSPS) is 38.3. The second-order valence-electron chi connectivity index (χ2n) is 10.0. The number of rotatable bonds is 3. The lowest BCUT2D eigenvalue weighted by molar-refractivity contribution is -0.145. The molecule has 156 valence electrons. The van der Waals surface area contributed by atoms with Crippen LogP contribution in [0.2, 0.25) is 0 Å². The van der Waals surface area contributed by atoms with Crippen molar-refractivity contribution in [2.75, 3.05) is 14.2 Å². The second-order valence-corrected chi connectivity index (χ2v) is 10.0. The van der Waals surface area contributed by atoms with Gasteiger partial charge in [-0.3, -0.25) is 9.69 Å². The zero-order valence-corrected chi connectivity index (χ0v) is 18.1. The highest BCUT2D eigenvalue weighted by atomic mass is 16.5. The maximum absolute atomic E-state index is 14.0. The molecule has 2 N–H and O–H groups in total. The maximum Gasteiger partial charge on any atom is 0.262 e. The van der Waals surface area contributed by atoms with Crippen LogP contribution in [0.1, 0.15) is 61.6 Å². The zero-order chi connectivity index (χ0) is 20.6. The van der Waals surface area contributed by atoms with Gasteiger partial charge in [-0.1, -0.05) is 12.5 Å². The monoisotopic (exact) mass is 395 g/mol. The summed E-state index contributed by atoms with van der Waals surface area (Å²) in [5.41, 5.74) is 8.51. The molecule has 1 amide bonds. The number of nitrogens with zero attached hydrogens (tertiary/aromatic N) is 2. The Kier molecular flexibility index (Phi) is 4.07. The fraction of sp³-hybridized carbons (Fsp3) is 0.667. The van der Waals surface area contributed by atoms with E-state index in [1.54, 1.807) is 19.1 Å². The molecule has 5 heteroatoms. The van der Waals surface area contributed by atoms with Crippen molar-refractivity contribution >= 4 is 11.9 Å². The van der Waals surface area contributed by atoms with Crippen molar-refractivity contribution in [3.63, 3.8) is 0 Å². The second kappa shape index (κ2) is 6.23. The number of ether oxygens (including phenoxy) is 1. The van der Waals surface area contributed by atoms with Crippen LogP contribution in [-0.2, 0) is 10.3 Å². The number of likely N-dealkylation sites (N-methyl/N-ethyl adjacent to an activating group) is 1. The molecule has 1 aliphatic heterocycles. The number of hydrogen-bond acceptors (Lipinski definition) is 4. The highest BCUT2D eigenvalue weighted by molar-refractivity contribution is 6.07. The number of fused-ring (bicyclic) bond motifs is 2. The third kappa shape index (κ3) is 2.33. The first kappa shape index (κ1) is 19.0. The Hall–Kier alpha value is -2.04. The number of carbonyl (C=O) groups is 1. The average molecular weight is 396 g/mol. The predicted octanol–water partition coefficient (Wildman–Crippen LogP) is 3.90. The van der Waals surface area contributed by atoms with Crippen molar-refractivity contribution in [1.82, 2.24) is 4.90 Å². The predicted molar refractivity (Wildman–Crippen MR) is 114 cm³/mol. The summed E-state index contributed by atoms with van der Waals surface area (Å²) in [4.78, 5) is 20.6. The van der Waals surface area contributed by atoms with Gasteiger partial charge in [0.2, 0.25) is 0 Å². The molecule has 3 fully saturated rings. The van der Waals surface area contributed by atoms with Crippen LogP contribution in [-0.4, -0.2) is 30.9 Å². The van der Waals surface area contributed by atoms with Gasteiger partial charge in [0.1, 0.15) is 5.75 Å². The summed E-state index contributed by atoms with van der Waals surface area (Å²) < 4.78 is 5.56. The van der Waals surface area contributed by atoms with Crippen LogP contribution in [0.5, 0.6) is 5.75 Å². The van der Waals surface area contributed by atoms with E-state index in [-0.39, 0.29) is 11.3 Å². The average Bonchev–Trinajstić information content (AvgIpc) is 2.93. The third-order valence-electron chi connectivity index (χ3n) is 8.93. The molecular formula is C24H33N3O2. The van der Waals surface area contributed by atoms with E-state index in [1.165, 1.54) is 25.7 Å². The number of carbonyl (C=O) groups excluding carboxylic acids is 1. The fourth-order valence-electron chi connectivity index (χ4n) is 7.38. The van der Waals surface area contributed by atoms with Gasteiger partial charge in [0, 0.05) is 12.5 Å². The summed E-state index contributed by atoms with van der Waals surface area (Å²) in [7, 11) is 3.48. The lowest BCUT2D eigenvalue weighted by Gasteiger charge is -2.59. The topological polar surface area (TPSA) is 67.9 Å². The zero-order valence-electron chi connectivity index (χ0n) is 18.1. The summed E-state index contributed by atoms with van der Waals surface area (Å²) >= 11 is 0. The van der Waals surface area contributed by atoms with E-state index in [0.29, 0.717) is 5.96 Å². The molecule has 5 unspecified atom stereocenters. The van der Waals surface area contributed by atoms with Gasteiger partial charge in [-0.2, -0.15) is 0 Å². The van der Waals surface area contributed by atoms with Gasteiger partial charge in [0.05, 0.1) is 7.11 Å². The van der Waals surface area contributed by atoms with Crippen molar-refractivity contribution in [3.05, 3.63) is 28.8 Å². The highest BCUT2D eigenvalue weighted by Gasteiger charge is 2.66. The van der Waals surface area contributed by atoms with Gasteiger partial charge >= 0.3 is 0 Å². The molecule has 3 aliphatic carbocycles. The van der Waals surface area contributed by atoms with Crippen LogP contribution in [0.25, 0.3) is 0 Å². The molecule has 0 aromatic heterocycles. The van der Waals surface area contributed by atoms with Crippen LogP contribution in [0.4, 0.5) is 0 Å². The highest BCUT2D eigenvalue weighted by Crippen LogP contribution is 2.66. The summed E-state index contributed by atoms with van der Waals surface area (Å²) in [6.45, 7) is 4.18. The number of methoxy groups -OCH3 is 1.